The van der Waals surface area contributed by atoms with Crippen LogP contribution in [0.25, 0.3) is 0 Å². The van der Waals surface area contributed by atoms with Crippen molar-refractivity contribution < 1.29 is 13.5 Å². The van der Waals surface area contributed by atoms with Gasteiger partial charge in [-0.05, 0) is 26.0 Å². The minimum absolute atomic E-state index is 0.0626. The molecule has 1 atom stereocenters. The summed E-state index contributed by atoms with van der Waals surface area (Å²) in [5.41, 5.74) is 1.80. The molecule has 1 rings (SSSR count). The number of hydrogen-bond acceptors (Lipinski definition) is 2. The fourth-order valence-corrected chi connectivity index (χ4v) is 1.77. The molecule has 1 aromatic carbocycles. The number of halogens is 2. The van der Waals surface area contributed by atoms with E-state index < -0.39 is 6.61 Å². The summed E-state index contributed by atoms with van der Waals surface area (Å²) in [6, 6.07) is 6.78. The number of hydrogen-bond donors (Lipinski definition) is 1. The Labute approximate surface area is 107 Å². The van der Waals surface area contributed by atoms with Crippen molar-refractivity contribution in [3.05, 3.63) is 42.0 Å². The van der Waals surface area contributed by atoms with E-state index in [1.54, 1.807) is 25.2 Å². The standard InChI is InChI=1S/C14H19F2NO/c1-4-10(2)9-12(17-3)11-7-5-6-8-13(11)18-14(15)16/h5-8,12,14,17H,2,4,9H2,1,3H3. The van der Waals surface area contributed by atoms with Crippen molar-refractivity contribution in [2.45, 2.75) is 32.4 Å². The van der Waals surface area contributed by atoms with E-state index in [1.807, 2.05) is 13.0 Å². The Hall–Kier alpha value is -1.42. The van der Waals surface area contributed by atoms with Gasteiger partial charge in [0.1, 0.15) is 5.75 Å². The smallest absolute Gasteiger partial charge is 0.387 e. The van der Waals surface area contributed by atoms with E-state index in [9.17, 15) is 8.78 Å². The van der Waals surface area contributed by atoms with Crippen LogP contribution in [0.1, 0.15) is 31.4 Å². The van der Waals surface area contributed by atoms with Crippen LogP contribution in [0.15, 0.2) is 36.4 Å². The SMILES string of the molecule is C=C(CC)CC(NC)c1ccccc1OC(F)F. The highest BCUT2D eigenvalue weighted by atomic mass is 19.3. The second-order valence-electron chi connectivity index (χ2n) is 4.07. The normalized spacial score (nSPS) is 12.5. The van der Waals surface area contributed by atoms with E-state index in [4.69, 9.17) is 0 Å². The first kappa shape index (κ1) is 14.6. The molecule has 18 heavy (non-hydrogen) atoms. The molecular weight excluding hydrogens is 236 g/mol. The molecule has 0 fully saturated rings. The van der Waals surface area contributed by atoms with Gasteiger partial charge in [0.15, 0.2) is 0 Å². The molecule has 0 amide bonds. The van der Waals surface area contributed by atoms with Gasteiger partial charge in [-0.2, -0.15) is 8.78 Å². The molecule has 0 saturated heterocycles. The first-order chi connectivity index (χ1) is 8.58. The third kappa shape index (κ3) is 4.11. The van der Waals surface area contributed by atoms with E-state index in [1.165, 1.54) is 0 Å². The first-order valence-corrected chi connectivity index (χ1v) is 5.96. The summed E-state index contributed by atoms with van der Waals surface area (Å²) in [6.07, 6.45) is 1.58. The summed E-state index contributed by atoms with van der Waals surface area (Å²) < 4.78 is 29.2. The van der Waals surface area contributed by atoms with Gasteiger partial charge in [0.05, 0.1) is 0 Å². The zero-order valence-corrected chi connectivity index (χ0v) is 10.7. The molecule has 2 nitrogen and oxygen atoms in total. The van der Waals surface area contributed by atoms with Gasteiger partial charge >= 0.3 is 6.61 Å². The van der Waals surface area contributed by atoms with E-state index in [0.717, 1.165) is 17.6 Å². The average Bonchev–Trinajstić information content (AvgIpc) is 2.36. The fourth-order valence-electron chi connectivity index (χ4n) is 1.77. The van der Waals surface area contributed by atoms with Gasteiger partial charge in [-0.15, -0.1) is 0 Å². The van der Waals surface area contributed by atoms with Gasteiger partial charge in [-0.25, -0.2) is 0 Å². The molecule has 0 aliphatic carbocycles. The summed E-state index contributed by atoms with van der Waals surface area (Å²) in [4.78, 5) is 0. The van der Waals surface area contributed by atoms with Crippen molar-refractivity contribution in [1.82, 2.24) is 5.32 Å². The molecule has 0 aliphatic heterocycles. The monoisotopic (exact) mass is 255 g/mol. The summed E-state index contributed by atoms with van der Waals surface area (Å²) in [5.74, 6) is 0.218. The van der Waals surface area contributed by atoms with E-state index in [-0.39, 0.29) is 11.8 Å². The van der Waals surface area contributed by atoms with Crippen molar-refractivity contribution in [3.63, 3.8) is 0 Å². The van der Waals surface area contributed by atoms with Crippen LogP contribution in [0, 0.1) is 0 Å². The second-order valence-corrected chi connectivity index (χ2v) is 4.07. The Kier molecular flexibility index (Phi) is 5.78. The van der Waals surface area contributed by atoms with Crippen molar-refractivity contribution in [2.24, 2.45) is 0 Å². The molecule has 1 unspecified atom stereocenters. The average molecular weight is 255 g/mol. The third-order valence-corrected chi connectivity index (χ3v) is 2.85. The highest BCUT2D eigenvalue weighted by Crippen LogP contribution is 2.30. The summed E-state index contributed by atoms with van der Waals surface area (Å²) in [6.45, 7) is 3.17. The molecule has 0 saturated carbocycles. The number of alkyl halides is 2. The van der Waals surface area contributed by atoms with Crippen LogP contribution in [0.2, 0.25) is 0 Å². The van der Waals surface area contributed by atoms with Crippen LogP contribution in [0.5, 0.6) is 5.75 Å². The number of ether oxygens (including phenoxy) is 1. The lowest BCUT2D eigenvalue weighted by atomic mass is 9.98. The molecule has 0 heterocycles. The van der Waals surface area contributed by atoms with Crippen molar-refractivity contribution >= 4 is 0 Å². The molecule has 0 aliphatic rings. The van der Waals surface area contributed by atoms with Gasteiger partial charge in [-0.3, -0.25) is 0 Å². The lowest BCUT2D eigenvalue weighted by Crippen LogP contribution is -2.18. The maximum atomic E-state index is 12.3. The molecule has 1 aromatic rings. The maximum absolute atomic E-state index is 12.3. The maximum Gasteiger partial charge on any atom is 0.387 e. The van der Waals surface area contributed by atoms with Crippen LogP contribution in [-0.4, -0.2) is 13.7 Å². The molecule has 0 spiro atoms. The topological polar surface area (TPSA) is 21.3 Å². The first-order valence-electron chi connectivity index (χ1n) is 5.96. The van der Waals surface area contributed by atoms with Gasteiger partial charge in [0.25, 0.3) is 0 Å². The Morgan fingerprint density at radius 2 is 2.06 bits per heavy atom. The van der Waals surface area contributed by atoms with E-state index in [0.29, 0.717) is 6.42 Å². The lowest BCUT2D eigenvalue weighted by molar-refractivity contribution is -0.0507. The lowest BCUT2D eigenvalue weighted by Gasteiger charge is -2.20. The highest BCUT2D eigenvalue weighted by Gasteiger charge is 2.17. The zero-order chi connectivity index (χ0) is 13.5. The van der Waals surface area contributed by atoms with Crippen LogP contribution < -0.4 is 10.1 Å². The summed E-state index contributed by atoms with van der Waals surface area (Å²) in [5, 5.41) is 3.11. The Bertz CT molecular complexity index is 393. The quantitative estimate of drug-likeness (QED) is 0.746. The van der Waals surface area contributed by atoms with Gasteiger partial charge in [0, 0.05) is 11.6 Å². The van der Waals surface area contributed by atoms with E-state index >= 15 is 0 Å². The van der Waals surface area contributed by atoms with Crippen LogP contribution in [0.4, 0.5) is 8.78 Å². The summed E-state index contributed by atoms with van der Waals surface area (Å²) in [7, 11) is 1.80. The van der Waals surface area contributed by atoms with Crippen LogP contribution in [-0.2, 0) is 0 Å². The van der Waals surface area contributed by atoms with Crippen molar-refractivity contribution in [3.8, 4) is 5.75 Å². The Morgan fingerprint density at radius 1 is 1.39 bits per heavy atom. The Morgan fingerprint density at radius 3 is 2.61 bits per heavy atom. The molecule has 100 valence electrons. The second kappa shape index (κ2) is 7.11. The van der Waals surface area contributed by atoms with Gasteiger partial charge in [-0.1, -0.05) is 37.3 Å². The minimum atomic E-state index is -2.81. The molecule has 0 radical (unpaired) electrons. The predicted molar refractivity (Wildman–Crippen MR) is 68.9 cm³/mol. The van der Waals surface area contributed by atoms with Gasteiger partial charge in [0.2, 0.25) is 0 Å². The van der Waals surface area contributed by atoms with E-state index in [2.05, 4.69) is 16.6 Å². The van der Waals surface area contributed by atoms with Crippen molar-refractivity contribution in [1.29, 1.82) is 0 Å². The largest absolute Gasteiger partial charge is 0.434 e. The Balaban J connectivity index is 2.93. The van der Waals surface area contributed by atoms with Crippen LogP contribution >= 0.6 is 0 Å². The van der Waals surface area contributed by atoms with Crippen LogP contribution in [0.3, 0.4) is 0 Å². The zero-order valence-electron chi connectivity index (χ0n) is 10.7. The van der Waals surface area contributed by atoms with Gasteiger partial charge < -0.3 is 10.1 Å². The molecule has 0 aromatic heterocycles. The van der Waals surface area contributed by atoms with Crippen molar-refractivity contribution in [2.75, 3.05) is 7.05 Å². The fraction of sp³-hybridized carbons (Fsp3) is 0.429. The highest BCUT2D eigenvalue weighted by molar-refractivity contribution is 5.36. The number of para-hydroxylation sites is 1. The molecule has 1 N–H and O–H groups in total. The molecule has 0 bridgehead atoms. The number of nitrogens with one attached hydrogen (secondary N) is 1. The third-order valence-electron chi connectivity index (χ3n) is 2.85. The summed E-state index contributed by atoms with van der Waals surface area (Å²) >= 11 is 0. The number of rotatable bonds is 7. The minimum Gasteiger partial charge on any atom is -0.434 e. The number of benzene rings is 1. The predicted octanol–water partition coefficient (Wildman–Crippen LogP) is 3.90. The molecular formula is C14H19F2NO. The molecule has 4 heteroatoms.